The Hall–Kier alpha value is -2.29. The number of amides is 3. The van der Waals surface area contributed by atoms with Crippen molar-refractivity contribution >= 4 is 58.1 Å². The summed E-state index contributed by atoms with van der Waals surface area (Å²) in [5, 5.41) is 6.64. The van der Waals surface area contributed by atoms with E-state index < -0.39 is 11.1 Å². The predicted octanol–water partition coefficient (Wildman–Crippen LogP) is 4.06. The molecule has 1 saturated heterocycles. The van der Waals surface area contributed by atoms with Crippen LogP contribution in [-0.4, -0.2) is 40.2 Å². The lowest BCUT2D eigenvalue weighted by molar-refractivity contribution is -0.122. The summed E-state index contributed by atoms with van der Waals surface area (Å²) >= 11 is 12.9. The first-order chi connectivity index (χ1) is 13.3. The molecule has 1 aromatic carbocycles. The predicted molar refractivity (Wildman–Crippen MR) is 107 cm³/mol. The highest BCUT2D eigenvalue weighted by Gasteiger charge is 2.35. The molecular weight excluding hydrogens is 425 g/mol. The zero-order valence-corrected chi connectivity index (χ0v) is 17.2. The van der Waals surface area contributed by atoms with Crippen LogP contribution in [0.2, 0.25) is 10.0 Å². The van der Waals surface area contributed by atoms with Crippen LogP contribution in [0.15, 0.2) is 27.6 Å². The molecule has 0 radical (unpaired) electrons. The van der Waals surface area contributed by atoms with Gasteiger partial charge in [0.1, 0.15) is 11.3 Å². The Morgan fingerprint density at radius 3 is 2.75 bits per heavy atom. The van der Waals surface area contributed by atoms with E-state index in [0.717, 1.165) is 16.7 Å². The van der Waals surface area contributed by atoms with Crippen LogP contribution in [-0.2, 0) is 4.79 Å². The van der Waals surface area contributed by atoms with E-state index in [1.54, 1.807) is 32.0 Å². The van der Waals surface area contributed by atoms with Crippen LogP contribution in [0, 0.1) is 13.8 Å². The third-order valence-electron chi connectivity index (χ3n) is 4.02. The van der Waals surface area contributed by atoms with Crippen molar-refractivity contribution < 1.29 is 18.9 Å². The first-order valence-electron chi connectivity index (χ1n) is 8.20. The Morgan fingerprint density at radius 2 is 2.07 bits per heavy atom. The van der Waals surface area contributed by atoms with Gasteiger partial charge in [0.2, 0.25) is 0 Å². The number of aromatic nitrogens is 1. The third-order valence-corrected chi connectivity index (χ3v) is 5.76. The van der Waals surface area contributed by atoms with Gasteiger partial charge in [-0.15, -0.1) is 0 Å². The van der Waals surface area contributed by atoms with E-state index in [2.05, 4.69) is 10.5 Å². The number of rotatable bonds is 5. The van der Waals surface area contributed by atoms with Crippen LogP contribution in [0.4, 0.5) is 4.79 Å². The van der Waals surface area contributed by atoms with Gasteiger partial charge < -0.3 is 9.84 Å². The molecule has 146 valence electrons. The van der Waals surface area contributed by atoms with Gasteiger partial charge in [-0.2, -0.15) is 0 Å². The van der Waals surface area contributed by atoms with E-state index >= 15 is 0 Å². The van der Waals surface area contributed by atoms with Crippen molar-refractivity contribution in [3.05, 3.63) is 55.7 Å². The highest BCUT2D eigenvalue weighted by Crippen LogP contribution is 2.34. The van der Waals surface area contributed by atoms with Crippen LogP contribution in [0.3, 0.4) is 0 Å². The molecule has 0 atom stereocenters. The molecule has 1 aromatic heterocycles. The Labute approximate surface area is 175 Å². The molecule has 3 rings (SSSR count). The Balaban J connectivity index is 1.65. The van der Waals surface area contributed by atoms with Gasteiger partial charge in [0.15, 0.2) is 0 Å². The summed E-state index contributed by atoms with van der Waals surface area (Å²) < 4.78 is 4.96. The van der Waals surface area contributed by atoms with Gasteiger partial charge in [-0.1, -0.05) is 40.5 Å². The average molecular weight is 440 g/mol. The van der Waals surface area contributed by atoms with E-state index in [-0.39, 0.29) is 23.9 Å². The number of aryl methyl sites for hydroxylation is 2. The maximum Gasteiger partial charge on any atom is 0.293 e. The smallest absolute Gasteiger partial charge is 0.293 e. The lowest BCUT2D eigenvalue weighted by atomic mass is 10.2. The molecule has 0 unspecified atom stereocenters. The second kappa shape index (κ2) is 8.38. The van der Waals surface area contributed by atoms with Crippen molar-refractivity contribution in [2.24, 2.45) is 0 Å². The van der Waals surface area contributed by atoms with Crippen molar-refractivity contribution in [1.82, 2.24) is 15.4 Å². The summed E-state index contributed by atoms with van der Waals surface area (Å²) in [4.78, 5) is 38.2. The molecule has 7 nitrogen and oxygen atoms in total. The quantitative estimate of drug-likeness (QED) is 0.705. The molecule has 0 aliphatic carbocycles. The molecule has 1 fully saturated rings. The monoisotopic (exact) mass is 439 g/mol. The number of hydrogen-bond donors (Lipinski definition) is 1. The minimum atomic E-state index is -0.447. The highest BCUT2D eigenvalue weighted by atomic mass is 35.5. The van der Waals surface area contributed by atoms with Crippen LogP contribution in [0.25, 0.3) is 6.08 Å². The minimum Gasteiger partial charge on any atom is -0.361 e. The maximum absolute atomic E-state index is 12.5. The number of nitrogens with zero attached hydrogens (tertiary/aromatic N) is 2. The van der Waals surface area contributed by atoms with Gasteiger partial charge in [0, 0.05) is 13.1 Å². The summed E-state index contributed by atoms with van der Waals surface area (Å²) in [5.41, 5.74) is 1.37. The molecule has 10 heteroatoms. The zero-order chi connectivity index (χ0) is 20.4. The molecule has 2 aromatic rings. The van der Waals surface area contributed by atoms with Crippen molar-refractivity contribution in [2.75, 3.05) is 13.1 Å². The fraction of sp³-hybridized carbons (Fsp3) is 0.222. The lowest BCUT2D eigenvalue weighted by Gasteiger charge is -2.12. The standard InChI is InChI=1S/C18H15Cl2N3O4S/c1-9-14(10(2)27-22-9)16(24)21-6-7-23-17(25)13(28-18(23)26)8-11-4-3-5-12(19)15(11)20/h3-5,8H,6-7H2,1-2H3,(H,21,24)/b13-8-. The van der Waals surface area contributed by atoms with Crippen molar-refractivity contribution in [3.63, 3.8) is 0 Å². The van der Waals surface area contributed by atoms with Gasteiger partial charge in [0.25, 0.3) is 17.1 Å². The van der Waals surface area contributed by atoms with Crippen LogP contribution >= 0.6 is 35.0 Å². The number of carbonyl (C=O) groups is 3. The first kappa shape index (κ1) is 20.4. The van der Waals surface area contributed by atoms with Crippen molar-refractivity contribution in [2.45, 2.75) is 13.8 Å². The molecular formula is C18H15Cl2N3O4S. The van der Waals surface area contributed by atoms with E-state index in [4.69, 9.17) is 27.7 Å². The molecule has 1 aliphatic heterocycles. The topological polar surface area (TPSA) is 92.5 Å². The largest absolute Gasteiger partial charge is 0.361 e. The molecule has 3 amide bonds. The van der Waals surface area contributed by atoms with Crippen LogP contribution < -0.4 is 5.32 Å². The number of benzene rings is 1. The summed E-state index contributed by atoms with van der Waals surface area (Å²) in [6.07, 6.45) is 1.53. The fourth-order valence-electron chi connectivity index (χ4n) is 2.64. The highest BCUT2D eigenvalue weighted by molar-refractivity contribution is 8.18. The van der Waals surface area contributed by atoms with Crippen LogP contribution in [0.1, 0.15) is 27.4 Å². The summed E-state index contributed by atoms with van der Waals surface area (Å²) in [7, 11) is 0. The molecule has 2 heterocycles. The summed E-state index contributed by atoms with van der Waals surface area (Å²) in [6.45, 7) is 3.44. The molecule has 0 saturated carbocycles. The van der Waals surface area contributed by atoms with Gasteiger partial charge >= 0.3 is 0 Å². The van der Waals surface area contributed by atoms with Gasteiger partial charge in [0.05, 0.1) is 20.6 Å². The number of imide groups is 1. The minimum absolute atomic E-state index is 0.0421. The van der Waals surface area contributed by atoms with Gasteiger partial charge in [-0.05, 0) is 43.3 Å². The molecule has 1 aliphatic rings. The summed E-state index contributed by atoms with van der Waals surface area (Å²) in [6, 6.07) is 5.04. The first-order valence-corrected chi connectivity index (χ1v) is 9.77. The van der Waals surface area contributed by atoms with E-state index in [1.807, 2.05) is 0 Å². The second-order valence-electron chi connectivity index (χ2n) is 5.93. The maximum atomic E-state index is 12.5. The Kier molecular flexibility index (Phi) is 6.12. The van der Waals surface area contributed by atoms with E-state index in [0.29, 0.717) is 32.6 Å². The van der Waals surface area contributed by atoms with E-state index in [9.17, 15) is 14.4 Å². The molecule has 0 spiro atoms. The number of nitrogens with one attached hydrogen (secondary N) is 1. The number of carbonyl (C=O) groups excluding carboxylic acids is 3. The van der Waals surface area contributed by atoms with E-state index in [1.165, 1.54) is 6.08 Å². The SMILES string of the molecule is Cc1noc(C)c1C(=O)NCCN1C(=O)S/C(=C\c2cccc(Cl)c2Cl)C1=O. The lowest BCUT2D eigenvalue weighted by Crippen LogP contribution is -2.37. The van der Waals surface area contributed by atoms with Gasteiger partial charge in [-0.3, -0.25) is 19.3 Å². The number of thioether (sulfide) groups is 1. The molecule has 0 bridgehead atoms. The second-order valence-corrected chi connectivity index (χ2v) is 7.71. The zero-order valence-electron chi connectivity index (χ0n) is 14.9. The summed E-state index contributed by atoms with van der Waals surface area (Å²) in [5.74, 6) is -0.412. The molecule has 1 N–H and O–H groups in total. The third kappa shape index (κ3) is 4.09. The number of hydrogen-bond acceptors (Lipinski definition) is 6. The van der Waals surface area contributed by atoms with Gasteiger partial charge in [-0.25, -0.2) is 0 Å². The Bertz CT molecular complexity index is 983. The Morgan fingerprint density at radius 1 is 1.32 bits per heavy atom. The van der Waals surface area contributed by atoms with Crippen LogP contribution in [0.5, 0.6) is 0 Å². The van der Waals surface area contributed by atoms with Crippen molar-refractivity contribution in [1.29, 1.82) is 0 Å². The fourth-order valence-corrected chi connectivity index (χ4v) is 3.86. The normalized spacial score (nSPS) is 15.6. The van der Waals surface area contributed by atoms with Crippen molar-refractivity contribution in [3.8, 4) is 0 Å². The average Bonchev–Trinajstić information content (AvgIpc) is 3.11. The number of halogens is 2. The molecule has 28 heavy (non-hydrogen) atoms.